The molecule has 10 atom stereocenters. The highest BCUT2D eigenvalue weighted by atomic mass is 16.7. The van der Waals surface area contributed by atoms with Gasteiger partial charge in [-0.05, 0) is 11.1 Å². The summed E-state index contributed by atoms with van der Waals surface area (Å²) >= 11 is 0. The minimum Gasteiger partial charge on any atom is -0.374 e. The van der Waals surface area contributed by atoms with Gasteiger partial charge in [0.05, 0.1) is 33.3 Å². The van der Waals surface area contributed by atoms with E-state index in [4.69, 9.17) is 63.7 Å². The van der Waals surface area contributed by atoms with E-state index in [-0.39, 0.29) is 19.8 Å². The van der Waals surface area contributed by atoms with E-state index in [1.165, 1.54) is 35.5 Å². The predicted octanol–water partition coefficient (Wildman–Crippen LogP) is 3.37. The van der Waals surface area contributed by atoms with Gasteiger partial charge >= 0.3 is 0 Å². The third kappa shape index (κ3) is 15.0. The minimum atomic E-state index is -1.63. The Morgan fingerprint density at radius 3 is 1.40 bits per heavy atom. The van der Waals surface area contributed by atoms with Gasteiger partial charge in [-0.2, -0.15) is 0 Å². The van der Waals surface area contributed by atoms with Crippen molar-refractivity contribution in [1.82, 2.24) is 0 Å². The van der Waals surface area contributed by atoms with E-state index in [1.54, 1.807) is 0 Å². The van der Waals surface area contributed by atoms with E-state index in [1.807, 2.05) is 60.7 Å². The highest BCUT2D eigenvalue weighted by Gasteiger charge is 2.43. The predicted molar refractivity (Wildman–Crippen MR) is 156 cm³/mol. The van der Waals surface area contributed by atoms with Crippen LogP contribution in [0.4, 0.5) is 0 Å². The molecule has 12 nitrogen and oxygen atoms in total. The molecule has 0 fully saturated rings. The molecule has 0 spiro atoms. The van der Waals surface area contributed by atoms with Crippen LogP contribution in [0.5, 0.6) is 0 Å². The average molecular weight is 618 g/mol. The van der Waals surface area contributed by atoms with E-state index in [9.17, 15) is 0 Å². The smallest absolute Gasteiger partial charge is 0.146 e. The Kier molecular flexibility index (Phi) is 16.8. The molecule has 43 heavy (non-hydrogen) atoms. The molecule has 0 saturated heterocycles. The van der Waals surface area contributed by atoms with E-state index in [0.717, 1.165) is 11.1 Å². The molecule has 0 heterocycles. The first-order chi connectivity index (χ1) is 23.1. The maximum absolute atomic E-state index is 8.40. The molecule has 0 radical (unpaired) electrons. The third-order valence-electron chi connectivity index (χ3n) is 5.76. The van der Waals surface area contributed by atoms with Crippen LogP contribution >= 0.6 is 0 Å². The second-order valence-corrected chi connectivity index (χ2v) is 8.81. The summed E-state index contributed by atoms with van der Waals surface area (Å²) in [4.78, 5) is 0. The van der Waals surface area contributed by atoms with Crippen molar-refractivity contribution in [2.45, 2.75) is 43.7 Å². The first kappa shape index (κ1) is 29.7. The first-order valence-electron chi connectivity index (χ1n) is 16.3. The molecule has 2 aromatic rings. The molecule has 12 heteroatoms. The summed E-state index contributed by atoms with van der Waals surface area (Å²) in [6.07, 6.45) is -6.60. The van der Waals surface area contributed by atoms with Gasteiger partial charge in [0.2, 0.25) is 0 Å². The Balaban J connectivity index is 2.67. The van der Waals surface area contributed by atoms with Gasteiger partial charge < -0.3 is 56.8 Å². The van der Waals surface area contributed by atoms with Crippen LogP contribution in [-0.4, -0.2) is 113 Å². The maximum Gasteiger partial charge on any atom is 0.146 e. The second-order valence-electron chi connectivity index (χ2n) is 8.81. The normalized spacial score (nSPS) is 20.5. The lowest BCUT2D eigenvalue weighted by Crippen LogP contribution is -2.56. The number of hydrogen-bond donors (Lipinski definition) is 0. The highest BCUT2D eigenvalue weighted by molar-refractivity contribution is 5.14. The van der Waals surface area contributed by atoms with Crippen LogP contribution in [0.1, 0.15) is 18.0 Å². The van der Waals surface area contributed by atoms with Gasteiger partial charge in [-0.3, -0.25) is 0 Å². The number of ether oxygens (including phenoxy) is 12. The fourth-order valence-electron chi connectivity index (χ4n) is 3.88. The standard InChI is InChI=1S/C31H48O12/c1-32-20-38-19-28(41-22-34-3)30(42-23-35-4)31(43-24-36-5)29(39-17-26-14-10-7-11-15-26)27(40-21-33-2)18-37-16-25-12-8-6-9-13-25/h6-15,27-31H,16-24H2,1-5H3/t27-,28-,29-,30+,31+/m1/s1/i20D,21D,22D,23D,24D/t20?,21?,22?,23?,24?,27-,28-,29-,30+,31+. The average Bonchev–Trinajstić information content (AvgIpc) is 3.11. The molecule has 0 aliphatic carbocycles. The molecule has 0 aliphatic heterocycles. The van der Waals surface area contributed by atoms with Crippen molar-refractivity contribution in [3.63, 3.8) is 0 Å². The van der Waals surface area contributed by atoms with Crippen LogP contribution in [0.25, 0.3) is 0 Å². The quantitative estimate of drug-likeness (QED) is 0.137. The van der Waals surface area contributed by atoms with Gasteiger partial charge in [0, 0.05) is 35.5 Å². The topological polar surface area (TPSA) is 111 Å². The maximum atomic E-state index is 8.40. The zero-order valence-electron chi connectivity index (χ0n) is 30.3. The summed E-state index contributed by atoms with van der Waals surface area (Å²) in [6.45, 7) is -8.20. The van der Waals surface area contributed by atoms with E-state index in [2.05, 4.69) is 0 Å². The fraction of sp³-hybridized carbons (Fsp3) is 0.613. The van der Waals surface area contributed by atoms with Gasteiger partial charge in [0.1, 0.15) is 64.4 Å². The molecule has 244 valence electrons. The van der Waals surface area contributed by atoms with Crippen LogP contribution in [0.3, 0.4) is 0 Å². The highest BCUT2D eigenvalue weighted by Crippen LogP contribution is 2.24. The van der Waals surface area contributed by atoms with Crippen LogP contribution < -0.4 is 0 Å². The van der Waals surface area contributed by atoms with E-state index in [0.29, 0.717) is 0 Å². The zero-order chi connectivity index (χ0) is 35.3. The number of hydrogen-bond acceptors (Lipinski definition) is 12. The Morgan fingerprint density at radius 2 is 0.884 bits per heavy atom. The summed E-state index contributed by atoms with van der Waals surface area (Å²) in [5, 5.41) is 0. The monoisotopic (exact) mass is 617 g/mol. The number of benzene rings is 2. The lowest BCUT2D eigenvalue weighted by atomic mass is 9.98. The van der Waals surface area contributed by atoms with Crippen molar-refractivity contribution in [2.75, 3.05) is 82.6 Å². The largest absolute Gasteiger partial charge is 0.374 e. The van der Waals surface area contributed by atoms with Gasteiger partial charge in [-0.1, -0.05) is 60.7 Å². The Labute approximate surface area is 262 Å². The molecule has 0 amide bonds. The minimum absolute atomic E-state index is 0.00383. The molecular formula is C31H48O12. The van der Waals surface area contributed by atoms with Gasteiger partial charge in [-0.25, -0.2) is 0 Å². The lowest BCUT2D eigenvalue weighted by molar-refractivity contribution is -0.261. The Morgan fingerprint density at radius 1 is 0.465 bits per heavy atom. The first-order valence-corrected chi connectivity index (χ1v) is 13.4. The van der Waals surface area contributed by atoms with E-state index < -0.39 is 71.0 Å². The molecule has 0 bridgehead atoms. The fourth-order valence-corrected chi connectivity index (χ4v) is 3.88. The van der Waals surface area contributed by atoms with Gasteiger partial charge in [0.25, 0.3) is 0 Å². The van der Waals surface area contributed by atoms with Crippen LogP contribution in [0.15, 0.2) is 60.7 Å². The van der Waals surface area contributed by atoms with Crippen molar-refractivity contribution in [3.05, 3.63) is 71.8 Å². The summed E-state index contributed by atoms with van der Waals surface area (Å²) in [5.74, 6) is 0. The van der Waals surface area contributed by atoms with Crippen molar-refractivity contribution >= 4 is 0 Å². The summed E-state index contributed by atoms with van der Waals surface area (Å²) < 4.78 is 108. The van der Waals surface area contributed by atoms with Crippen molar-refractivity contribution in [3.8, 4) is 0 Å². The Hall–Kier alpha value is -2.04. The van der Waals surface area contributed by atoms with Crippen molar-refractivity contribution < 1.29 is 63.7 Å². The molecule has 0 N–H and O–H groups in total. The van der Waals surface area contributed by atoms with Gasteiger partial charge in [0.15, 0.2) is 0 Å². The Bertz CT molecular complexity index is 1070. The van der Waals surface area contributed by atoms with Crippen LogP contribution in [0, 0.1) is 0 Å². The van der Waals surface area contributed by atoms with Crippen molar-refractivity contribution in [1.29, 1.82) is 0 Å². The molecule has 5 unspecified atom stereocenters. The number of rotatable bonds is 27. The van der Waals surface area contributed by atoms with Crippen LogP contribution in [0.2, 0.25) is 0 Å². The van der Waals surface area contributed by atoms with E-state index >= 15 is 0 Å². The third-order valence-corrected chi connectivity index (χ3v) is 5.76. The molecule has 0 saturated carbocycles. The van der Waals surface area contributed by atoms with Crippen molar-refractivity contribution in [2.24, 2.45) is 0 Å². The summed E-state index contributed by atoms with van der Waals surface area (Å²) in [5.41, 5.74) is 1.64. The zero-order valence-corrected chi connectivity index (χ0v) is 25.3. The summed E-state index contributed by atoms with van der Waals surface area (Å²) in [7, 11) is 6.29. The molecule has 2 aromatic carbocycles. The molecular weight excluding hydrogens is 564 g/mol. The molecule has 0 aromatic heterocycles. The van der Waals surface area contributed by atoms with Gasteiger partial charge in [-0.15, -0.1) is 0 Å². The lowest BCUT2D eigenvalue weighted by Gasteiger charge is -2.39. The summed E-state index contributed by atoms with van der Waals surface area (Å²) in [6, 6.07) is 18.6. The van der Waals surface area contributed by atoms with Crippen LogP contribution in [-0.2, 0) is 70.1 Å². The second kappa shape index (κ2) is 24.3. The number of methoxy groups -OCH3 is 5. The molecule has 2 rings (SSSR count). The SMILES string of the molecule is [2H]C(OC)OC[C@@H](OC([2H])OC)[C@H](OC([2H])OC)[C@@H](OC([2H])OC)[C@H](OCc1ccccc1)[C@@H](COCc1ccccc1)OC([2H])OC. The molecule has 0 aliphatic rings.